The monoisotopic (exact) mass is 343 g/mol. The van der Waals surface area contributed by atoms with Gasteiger partial charge in [-0.25, -0.2) is 4.98 Å². The second-order valence-electron chi connectivity index (χ2n) is 6.30. The van der Waals surface area contributed by atoms with E-state index in [9.17, 15) is 0 Å². The van der Waals surface area contributed by atoms with Crippen molar-refractivity contribution < 1.29 is 9.47 Å². The van der Waals surface area contributed by atoms with Crippen LogP contribution in [0.3, 0.4) is 0 Å². The van der Waals surface area contributed by atoms with Gasteiger partial charge in [0.2, 0.25) is 11.8 Å². The molecule has 2 atom stereocenters. The minimum Gasteiger partial charge on any atom is -0.439 e. The summed E-state index contributed by atoms with van der Waals surface area (Å²) in [5.41, 5.74) is 0.0543. The molecule has 2 fully saturated rings. The highest BCUT2D eigenvalue weighted by Crippen LogP contribution is 2.38. The van der Waals surface area contributed by atoms with Gasteiger partial charge < -0.3 is 14.8 Å². The number of nitrogens with one attached hydrogen (secondary N) is 1. The van der Waals surface area contributed by atoms with Crippen molar-refractivity contribution in [2.24, 2.45) is 0 Å². The van der Waals surface area contributed by atoms with E-state index < -0.39 is 0 Å². The summed E-state index contributed by atoms with van der Waals surface area (Å²) in [6.45, 7) is 0.804. The molecule has 1 N–H and O–H groups in total. The quantitative estimate of drug-likeness (QED) is 0.913. The number of rotatable bonds is 4. The van der Waals surface area contributed by atoms with Crippen LogP contribution in [0.25, 0.3) is 0 Å². The molecule has 2 aliphatic rings. The number of benzene rings is 1. The molecule has 1 aromatic carbocycles. The van der Waals surface area contributed by atoms with Gasteiger partial charge in [-0.2, -0.15) is 16.7 Å². The molecular formula is C18H21N3O2S. The van der Waals surface area contributed by atoms with Gasteiger partial charge >= 0.3 is 0 Å². The Morgan fingerprint density at radius 2 is 2.17 bits per heavy atom. The fourth-order valence-electron chi connectivity index (χ4n) is 3.27. The number of hydrogen-bond donors (Lipinski definition) is 1. The molecule has 2 aromatic rings. The molecule has 0 unspecified atom stereocenters. The van der Waals surface area contributed by atoms with E-state index in [0.29, 0.717) is 17.9 Å². The van der Waals surface area contributed by atoms with Crippen LogP contribution in [-0.4, -0.2) is 39.7 Å². The van der Waals surface area contributed by atoms with Crippen molar-refractivity contribution in [1.82, 2.24) is 9.97 Å². The van der Waals surface area contributed by atoms with Gasteiger partial charge in [-0.05, 0) is 37.1 Å². The number of aromatic nitrogens is 2. The molecule has 0 aliphatic carbocycles. The van der Waals surface area contributed by atoms with Crippen LogP contribution in [0.15, 0.2) is 42.6 Å². The van der Waals surface area contributed by atoms with Crippen molar-refractivity contribution in [3.05, 3.63) is 42.6 Å². The second kappa shape index (κ2) is 6.99. The summed E-state index contributed by atoms with van der Waals surface area (Å²) >= 11 is 1.99. The Balaban J connectivity index is 1.42. The van der Waals surface area contributed by atoms with E-state index in [2.05, 4.69) is 15.3 Å². The Bertz CT molecular complexity index is 677. The van der Waals surface area contributed by atoms with Crippen LogP contribution in [0.5, 0.6) is 11.6 Å². The first-order valence-electron chi connectivity index (χ1n) is 8.36. The third kappa shape index (κ3) is 3.65. The van der Waals surface area contributed by atoms with Crippen LogP contribution in [-0.2, 0) is 4.74 Å². The largest absolute Gasteiger partial charge is 0.439 e. The van der Waals surface area contributed by atoms with Crippen LogP contribution in [0.2, 0.25) is 0 Å². The smallest absolute Gasteiger partial charge is 0.226 e. The molecule has 4 rings (SSSR count). The number of thioether (sulfide) groups is 1. The lowest BCUT2D eigenvalue weighted by Gasteiger charge is -2.38. The van der Waals surface area contributed by atoms with Crippen molar-refractivity contribution in [3.8, 4) is 11.6 Å². The van der Waals surface area contributed by atoms with Crippen molar-refractivity contribution in [1.29, 1.82) is 0 Å². The second-order valence-corrected chi connectivity index (χ2v) is 7.41. The van der Waals surface area contributed by atoms with E-state index in [1.165, 1.54) is 5.75 Å². The van der Waals surface area contributed by atoms with Gasteiger partial charge in [0.1, 0.15) is 5.75 Å². The van der Waals surface area contributed by atoms with Gasteiger partial charge in [0.25, 0.3) is 0 Å². The van der Waals surface area contributed by atoms with Gasteiger partial charge in [-0.1, -0.05) is 18.2 Å². The molecule has 126 valence electrons. The lowest BCUT2D eigenvalue weighted by molar-refractivity contribution is -0.0629. The number of ether oxygens (including phenoxy) is 2. The summed E-state index contributed by atoms with van der Waals surface area (Å²) in [7, 11) is 0. The summed E-state index contributed by atoms with van der Waals surface area (Å²) in [6.07, 6.45) is 4.88. The predicted molar refractivity (Wildman–Crippen MR) is 95.8 cm³/mol. The molecule has 1 spiro atoms. The van der Waals surface area contributed by atoms with Crippen molar-refractivity contribution in [3.63, 3.8) is 0 Å². The van der Waals surface area contributed by atoms with Gasteiger partial charge in [0.05, 0.1) is 5.60 Å². The lowest BCUT2D eigenvalue weighted by Crippen LogP contribution is -2.44. The number of anilines is 1. The number of hydrogen-bond acceptors (Lipinski definition) is 6. The first-order valence-corrected chi connectivity index (χ1v) is 9.51. The van der Waals surface area contributed by atoms with E-state index >= 15 is 0 Å². The summed E-state index contributed by atoms with van der Waals surface area (Å²) < 4.78 is 11.9. The number of para-hydroxylation sites is 1. The van der Waals surface area contributed by atoms with E-state index in [0.717, 1.165) is 37.4 Å². The zero-order valence-electron chi connectivity index (χ0n) is 13.5. The highest BCUT2D eigenvalue weighted by atomic mass is 32.2. The molecule has 2 saturated heterocycles. The normalized spacial score (nSPS) is 26.4. The predicted octanol–water partition coefficient (Wildman–Crippen LogP) is 3.74. The average molecular weight is 343 g/mol. The summed E-state index contributed by atoms with van der Waals surface area (Å²) in [5, 5.41) is 3.47. The molecule has 24 heavy (non-hydrogen) atoms. The molecule has 6 heteroatoms. The minimum atomic E-state index is 0.0543. The topological polar surface area (TPSA) is 56.3 Å². The fourth-order valence-corrected chi connectivity index (χ4v) is 4.65. The maximum Gasteiger partial charge on any atom is 0.226 e. The molecule has 5 nitrogen and oxygen atoms in total. The van der Waals surface area contributed by atoms with E-state index in [1.807, 2.05) is 42.1 Å². The Hall–Kier alpha value is -1.79. The van der Waals surface area contributed by atoms with Crippen molar-refractivity contribution in [2.45, 2.75) is 30.9 Å². The van der Waals surface area contributed by atoms with Gasteiger partial charge in [-0.15, -0.1) is 0 Å². The van der Waals surface area contributed by atoms with Gasteiger partial charge in [0, 0.05) is 30.7 Å². The lowest BCUT2D eigenvalue weighted by atomic mass is 9.90. The third-order valence-corrected chi connectivity index (χ3v) is 5.71. The Morgan fingerprint density at radius 1 is 1.25 bits per heavy atom. The van der Waals surface area contributed by atoms with Crippen LogP contribution in [0, 0.1) is 0 Å². The van der Waals surface area contributed by atoms with Crippen LogP contribution in [0.4, 0.5) is 5.95 Å². The third-order valence-electron chi connectivity index (χ3n) is 4.49. The standard InChI is InChI=1S/C18H21N3O2S/c1-2-4-15(5-3-1)23-16-6-9-19-17(21-16)20-14-7-10-22-18(12-14)8-11-24-13-18/h1-6,9,14H,7-8,10-13H2,(H,19,20,21)/t14-,18+/m1/s1. The molecule has 0 radical (unpaired) electrons. The average Bonchev–Trinajstić information content (AvgIpc) is 3.04. The first-order chi connectivity index (χ1) is 11.8. The van der Waals surface area contributed by atoms with Crippen LogP contribution in [0.1, 0.15) is 19.3 Å². The van der Waals surface area contributed by atoms with E-state index in [-0.39, 0.29) is 5.60 Å². The maximum atomic E-state index is 6.07. The molecule has 0 saturated carbocycles. The summed E-state index contributed by atoms with van der Waals surface area (Å²) in [5.74, 6) is 4.25. The summed E-state index contributed by atoms with van der Waals surface area (Å²) in [4.78, 5) is 8.83. The van der Waals surface area contributed by atoms with Crippen LogP contribution < -0.4 is 10.1 Å². The maximum absolute atomic E-state index is 6.07. The van der Waals surface area contributed by atoms with Crippen molar-refractivity contribution >= 4 is 17.7 Å². The van der Waals surface area contributed by atoms with Crippen molar-refractivity contribution in [2.75, 3.05) is 23.4 Å². The SMILES string of the molecule is c1ccc(Oc2ccnc(N[C@@H]3CCO[C@@]4(CCSC4)C3)n2)cc1. The Morgan fingerprint density at radius 3 is 3.00 bits per heavy atom. The van der Waals surface area contributed by atoms with E-state index in [4.69, 9.17) is 9.47 Å². The fraction of sp³-hybridized carbons (Fsp3) is 0.444. The van der Waals surface area contributed by atoms with Crippen LogP contribution >= 0.6 is 11.8 Å². The Kier molecular flexibility index (Phi) is 4.58. The van der Waals surface area contributed by atoms with Gasteiger partial charge in [-0.3, -0.25) is 0 Å². The molecule has 0 bridgehead atoms. The zero-order chi connectivity index (χ0) is 16.2. The molecule has 1 aromatic heterocycles. The molecular weight excluding hydrogens is 322 g/mol. The zero-order valence-corrected chi connectivity index (χ0v) is 14.3. The highest BCUT2D eigenvalue weighted by Gasteiger charge is 2.40. The number of nitrogens with zero attached hydrogens (tertiary/aromatic N) is 2. The highest BCUT2D eigenvalue weighted by molar-refractivity contribution is 7.99. The summed E-state index contributed by atoms with van der Waals surface area (Å²) in [6, 6.07) is 11.8. The minimum absolute atomic E-state index is 0.0543. The van der Waals surface area contributed by atoms with Gasteiger partial charge in [0.15, 0.2) is 0 Å². The molecule has 0 amide bonds. The Labute approximate surface area is 146 Å². The molecule has 3 heterocycles. The first kappa shape index (κ1) is 15.7. The van der Waals surface area contributed by atoms with E-state index in [1.54, 1.807) is 12.3 Å². The molecule has 2 aliphatic heterocycles.